The minimum absolute atomic E-state index is 0.735. The maximum absolute atomic E-state index is 5.34. The lowest BCUT2D eigenvalue weighted by Gasteiger charge is -2.33. The van der Waals surface area contributed by atoms with Crippen molar-refractivity contribution < 1.29 is 4.74 Å². The first kappa shape index (κ1) is 11.1. The van der Waals surface area contributed by atoms with Crippen molar-refractivity contribution >= 4 is 0 Å². The molecule has 1 saturated heterocycles. The quantitative estimate of drug-likeness (QED) is 0.845. The molecule has 0 radical (unpaired) electrons. The molecular formula is C15H21NO. The van der Waals surface area contributed by atoms with E-state index in [4.69, 9.17) is 4.74 Å². The van der Waals surface area contributed by atoms with Gasteiger partial charge in [-0.3, -0.25) is 0 Å². The van der Waals surface area contributed by atoms with Gasteiger partial charge in [0.2, 0.25) is 0 Å². The van der Waals surface area contributed by atoms with Crippen LogP contribution in [0.2, 0.25) is 0 Å². The van der Waals surface area contributed by atoms with Crippen LogP contribution in [0.25, 0.3) is 0 Å². The summed E-state index contributed by atoms with van der Waals surface area (Å²) in [6, 6.07) is 8.66. The lowest BCUT2D eigenvalue weighted by atomic mass is 9.71. The predicted molar refractivity (Wildman–Crippen MR) is 69.4 cm³/mol. The molecule has 1 heterocycles. The van der Waals surface area contributed by atoms with Crippen molar-refractivity contribution in [2.75, 3.05) is 20.2 Å². The normalized spacial score (nSPS) is 32.2. The summed E-state index contributed by atoms with van der Waals surface area (Å²) in [6.07, 6.45) is 4.14. The molecule has 0 bridgehead atoms. The number of hydrogen-bond donors (Lipinski definition) is 1. The fourth-order valence-corrected chi connectivity index (χ4v) is 3.64. The maximum Gasteiger partial charge on any atom is 0.119 e. The van der Waals surface area contributed by atoms with Crippen LogP contribution in [0.15, 0.2) is 24.3 Å². The van der Waals surface area contributed by atoms with Gasteiger partial charge >= 0.3 is 0 Å². The van der Waals surface area contributed by atoms with Crippen molar-refractivity contribution in [2.45, 2.75) is 25.2 Å². The molecule has 92 valence electrons. The average molecular weight is 231 g/mol. The Morgan fingerprint density at radius 1 is 1.24 bits per heavy atom. The van der Waals surface area contributed by atoms with Gasteiger partial charge in [0.25, 0.3) is 0 Å². The van der Waals surface area contributed by atoms with Gasteiger partial charge in [-0.05, 0) is 61.4 Å². The van der Waals surface area contributed by atoms with Crippen LogP contribution in [0.3, 0.4) is 0 Å². The molecule has 1 N–H and O–H groups in total. The fourth-order valence-electron chi connectivity index (χ4n) is 3.64. The van der Waals surface area contributed by atoms with E-state index in [1.54, 1.807) is 7.11 Å². The van der Waals surface area contributed by atoms with Crippen LogP contribution in [0.5, 0.6) is 5.75 Å². The maximum atomic E-state index is 5.34. The van der Waals surface area contributed by atoms with Crippen molar-refractivity contribution in [1.29, 1.82) is 0 Å². The lowest BCUT2D eigenvalue weighted by Crippen LogP contribution is -2.25. The Labute approximate surface area is 103 Å². The number of hydrogen-bond acceptors (Lipinski definition) is 2. The Balaban J connectivity index is 1.86. The second-order valence-corrected chi connectivity index (χ2v) is 5.40. The summed E-state index contributed by atoms with van der Waals surface area (Å²) in [4.78, 5) is 0. The first-order valence-electron chi connectivity index (χ1n) is 6.73. The second kappa shape index (κ2) is 4.69. The van der Waals surface area contributed by atoms with E-state index >= 15 is 0 Å². The third-order valence-electron chi connectivity index (χ3n) is 4.52. The van der Waals surface area contributed by atoms with E-state index in [-0.39, 0.29) is 0 Å². The van der Waals surface area contributed by atoms with Gasteiger partial charge < -0.3 is 10.1 Å². The van der Waals surface area contributed by atoms with Crippen molar-refractivity contribution in [3.05, 3.63) is 29.8 Å². The summed E-state index contributed by atoms with van der Waals surface area (Å²) in [6.45, 7) is 2.43. The van der Waals surface area contributed by atoms with Crippen molar-refractivity contribution in [3.63, 3.8) is 0 Å². The Kier molecular flexibility index (Phi) is 3.06. The van der Waals surface area contributed by atoms with Crippen LogP contribution < -0.4 is 10.1 Å². The van der Waals surface area contributed by atoms with Gasteiger partial charge in [0.1, 0.15) is 5.75 Å². The molecule has 0 amide bonds. The number of rotatable bonds is 2. The van der Waals surface area contributed by atoms with E-state index in [1.807, 2.05) is 6.07 Å². The molecular weight excluding hydrogens is 210 g/mol. The molecule has 2 heteroatoms. The van der Waals surface area contributed by atoms with Gasteiger partial charge in [-0.1, -0.05) is 18.6 Å². The van der Waals surface area contributed by atoms with Crippen LogP contribution in [0, 0.1) is 11.8 Å². The Bertz CT molecular complexity index is 390. The second-order valence-electron chi connectivity index (χ2n) is 5.40. The average Bonchev–Trinajstić information content (AvgIpc) is 2.87. The number of ether oxygens (including phenoxy) is 1. The van der Waals surface area contributed by atoms with Crippen LogP contribution in [-0.4, -0.2) is 20.2 Å². The van der Waals surface area contributed by atoms with Crippen LogP contribution in [0.1, 0.15) is 30.7 Å². The molecule has 1 aliphatic carbocycles. The first-order valence-corrected chi connectivity index (χ1v) is 6.73. The molecule has 3 rings (SSSR count). The standard InChI is InChI=1S/C15H21NO/c1-17-13-6-2-4-11(8-13)14-7-3-5-12-9-16-10-15(12)14/h2,4,6,8,12,14-16H,3,5,7,9-10H2,1H3/t12-,14+,15-/m0/s1. The third kappa shape index (κ3) is 2.06. The lowest BCUT2D eigenvalue weighted by molar-refractivity contribution is 0.258. The van der Waals surface area contributed by atoms with E-state index in [0.29, 0.717) is 0 Å². The van der Waals surface area contributed by atoms with E-state index in [2.05, 4.69) is 23.5 Å². The highest BCUT2D eigenvalue weighted by Crippen LogP contribution is 2.43. The van der Waals surface area contributed by atoms with Crippen molar-refractivity contribution in [2.24, 2.45) is 11.8 Å². The number of nitrogens with one attached hydrogen (secondary N) is 1. The fraction of sp³-hybridized carbons (Fsp3) is 0.600. The highest BCUT2D eigenvalue weighted by Gasteiger charge is 2.37. The monoisotopic (exact) mass is 231 g/mol. The minimum atomic E-state index is 0.735. The summed E-state index contributed by atoms with van der Waals surface area (Å²) >= 11 is 0. The molecule has 1 saturated carbocycles. The van der Waals surface area contributed by atoms with Crippen LogP contribution in [0.4, 0.5) is 0 Å². The molecule has 0 spiro atoms. The van der Waals surface area contributed by atoms with E-state index in [0.717, 1.165) is 23.5 Å². The largest absolute Gasteiger partial charge is 0.497 e. The molecule has 1 aromatic rings. The summed E-state index contributed by atoms with van der Waals surface area (Å²) < 4.78 is 5.34. The van der Waals surface area contributed by atoms with E-state index < -0.39 is 0 Å². The molecule has 1 aliphatic heterocycles. The molecule has 2 aliphatic rings. The molecule has 2 fully saturated rings. The number of fused-ring (bicyclic) bond motifs is 1. The van der Waals surface area contributed by atoms with Crippen LogP contribution in [-0.2, 0) is 0 Å². The zero-order chi connectivity index (χ0) is 11.7. The Morgan fingerprint density at radius 3 is 3.06 bits per heavy atom. The highest BCUT2D eigenvalue weighted by molar-refractivity contribution is 5.32. The molecule has 0 aromatic heterocycles. The van der Waals surface area contributed by atoms with Crippen molar-refractivity contribution in [1.82, 2.24) is 5.32 Å². The number of methoxy groups -OCH3 is 1. The predicted octanol–water partition coefficient (Wildman–Crippen LogP) is 2.80. The SMILES string of the molecule is COc1cccc([C@H]2CCC[C@H]3CNC[C@@H]32)c1. The summed E-state index contributed by atoms with van der Waals surface area (Å²) in [5.74, 6) is 3.48. The van der Waals surface area contributed by atoms with Gasteiger partial charge in [-0.15, -0.1) is 0 Å². The summed E-state index contributed by atoms with van der Waals surface area (Å²) in [5.41, 5.74) is 1.47. The van der Waals surface area contributed by atoms with Crippen molar-refractivity contribution in [3.8, 4) is 5.75 Å². The minimum Gasteiger partial charge on any atom is -0.497 e. The van der Waals surface area contributed by atoms with Gasteiger partial charge in [-0.25, -0.2) is 0 Å². The molecule has 17 heavy (non-hydrogen) atoms. The van der Waals surface area contributed by atoms with Gasteiger partial charge in [0.15, 0.2) is 0 Å². The number of benzene rings is 1. The van der Waals surface area contributed by atoms with E-state index in [1.165, 1.54) is 37.9 Å². The first-order chi connectivity index (χ1) is 8.38. The zero-order valence-corrected chi connectivity index (χ0v) is 10.5. The van der Waals surface area contributed by atoms with Gasteiger partial charge in [0, 0.05) is 0 Å². The van der Waals surface area contributed by atoms with E-state index in [9.17, 15) is 0 Å². The summed E-state index contributed by atoms with van der Waals surface area (Å²) in [5, 5.41) is 3.56. The van der Waals surface area contributed by atoms with Crippen LogP contribution >= 0.6 is 0 Å². The van der Waals surface area contributed by atoms with Gasteiger partial charge in [-0.2, -0.15) is 0 Å². The zero-order valence-electron chi connectivity index (χ0n) is 10.5. The highest BCUT2D eigenvalue weighted by atomic mass is 16.5. The molecule has 1 aromatic carbocycles. The molecule has 2 nitrogen and oxygen atoms in total. The smallest absolute Gasteiger partial charge is 0.119 e. The Hall–Kier alpha value is -1.02. The van der Waals surface area contributed by atoms with Gasteiger partial charge in [0.05, 0.1) is 7.11 Å². The topological polar surface area (TPSA) is 21.3 Å². The Morgan fingerprint density at radius 2 is 2.18 bits per heavy atom. The third-order valence-corrected chi connectivity index (χ3v) is 4.52. The molecule has 0 unspecified atom stereocenters. The molecule has 3 atom stereocenters. The summed E-state index contributed by atoms with van der Waals surface area (Å²) in [7, 11) is 1.75.